The number of aromatic nitrogens is 2. The van der Waals surface area contributed by atoms with Gasteiger partial charge in [0.05, 0.1) is 6.54 Å². The second-order valence-electron chi connectivity index (χ2n) is 2.31. The van der Waals surface area contributed by atoms with E-state index in [9.17, 15) is 14.4 Å². The van der Waals surface area contributed by atoms with Crippen molar-refractivity contribution in [3.05, 3.63) is 21.0 Å². The minimum atomic E-state index is -1.28. The molecule has 0 saturated heterocycles. The van der Waals surface area contributed by atoms with Gasteiger partial charge in [-0.15, -0.1) is 4.74 Å². The molecule has 1 heterocycles. The lowest BCUT2D eigenvalue weighted by atomic mass is 10.3. The van der Waals surface area contributed by atoms with Crippen LogP contribution >= 0.6 is 0 Å². The molecule has 0 aromatic carbocycles. The van der Waals surface area contributed by atoms with E-state index in [-0.39, 0.29) is 14.0 Å². The van der Waals surface area contributed by atoms with E-state index in [1.165, 1.54) is 0 Å². The van der Waals surface area contributed by atoms with Gasteiger partial charge in [-0.3, -0.25) is 4.79 Å². The molecule has 1 atom stereocenters. The molecule has 0 aliphatic carbocycles. The largest absolute Gasteiger partial charge is 0.480 e. The molecule has 0 radical (unpaired) electrons. The van der Waals surface area contributed by atoms with Gasteiger partial charge in [0.2, 0.25) is 0 Å². The van der Waals surface area contributed by atoms with Gasteiger partial charge in [0.25, 0.3) is 0 Å². The molecule has 1 aromatic rings. The Balaban J connectivity index is 0.00000169. The maximum absolute atomic E-state index is 10.8. The summed E-state index contributed by atoms with van der Waals surface area (Å²) in [7, 11) is 0. The van der Waals surface area contributed by atoms with Crippen molar-refractivity contribution in [1.29, 1.82) is 0 Å². The van der Waals surface area contributed by atoms with Crippen LogP contribution in [0.3, 0.4) is 0 Å². The molecule has 1 rings (SSSR count). The number of rotatable bonds is 3. The Morgan fingerprint density at radius 2 is 2.21 bits per heavy atom. The number of nitrogens with two attached hydrogens (primary N) is 1. The topological polar surface area (TPSA) is 131 Å². The summed E-state index contributed by atoms with van der Waals surface area (Å²) in [6.07, 6.45) is 0. The van der Waals surface area contributed by atoms with E-state index in [4.69, 9.17) is 10.8 Å². The average Bonchev–Trinajstić information content (AvgIpc) is 2.30. The van der Waals surface area contributed by atoms with Gasteiger partial charge in [0.15, 0.2) is 0 Å². The molecule has 0 amide bonds. The highest BCUT2D eigenvalue weighted by Gasteiger charge is 2.15. The maximum atomic E-state index is 10.8. The smallest absolute Gasteiger partial charge is 0.440 e. The number of aliphatic carboxylic acids is 1. The van der Waals surface area contributed by atoms with Crippen molar-refractivity contribution in [2.75, 3.05) is 0 Å². The third kappa shape index (κ3) is 2.59. The summed E-state index contributed by atoms with van der Waals surface area (Å²) in [4.78, 5) is 33.2. The van der Waals surface area contributed by atoms with Crippen molar-refractivity contribution in [2.45, 2.75) is 20.0 Å². The first-order valence-corrected chi connectivity index (χ1v) is 3.29. The van der Waals surface area contributed by atoms with Crippen LogP contribution in [0.15, 0.2) is 14.1 Å². The van der Waals surface area contributed by atoms with Gasteiger partial charge < -0.3 is 15.4 Å². The first kappa shape index (κ1) is 12.2. The van der Waals surface area contributed by atoms with Gasteiger partial charge in [-0.1, -0.05) is 7.43 Å². The van der Waals surface area contributed by atoms with Crippen LogP contribution in [-0.2, 0) is 11.3 Å². The summed E-state index contributed by atoms with van der Waals surface area (Å²) >= 11 is 0. The Hall–Kier alpha value is -1.83. The number of carboxylic acid groups (broad SMARTS) is 1. The molecule has 0 spiro atoms. The maximum Gasteiger partial charge on any atom is 0.440 e. The number of nitrogens with one attached hydrogen (secondary N) is 1. The molecule has 8 nitrogen and oxygen atoms in total. The van der Waals surface area contributed by atoms with Crippen LogP contribution in [0.25, 0.3) is 0 Å². The van der Waals surface area contributed by atoms with Crippen LogP contribution in [0.5, 0.6) is 0 Å². The number of H-pyrrole nitrogens is 1. The molecule has 0 fully saturated rings. The molecule has 14 heavy (non-hydrogen) atoms. The molecule has 4 N–H and O–H groups in total. The molecule has 1 aromatic heterocycles. The first-order chi connectivity index (χ1) is 6.00. The predicted molar refractivity (Wildman–Crippen MR) is 45.9 cm³/mol. The Kier molecular flexibility index (Phi) is 3.84. The number of hydrogen-bond acceptors (Lipinski definition) is 5. The Morgan fingerprint density at radius 3 is 2.57 bits per heavy atom. The fraction of sp³-hybridized carbons (Fsp3) is 0.500. The zero-order chi connectivity index (χ0) is 10.0. The molecule has 80 valence electrons. The highest BCUT2D eigenvalue weighted by molar-refractivity contribution is 5.72. The van der Waals surface area contributed by atoms with Crippen molar-refractivity contribution < 1.29 is 14.4 Å². The minimum Gasteiger partial charge on any atom is -0.480 e. The standard InChI is InChI=1S/C5H7N3O5.CH4/c6-2(3(9)10)1-8-4(11)7-5(12)13-8;/h2H,1,6H2,(H,9,10)(H,7,11,12);1H4/t2-;/m0./s1. The van der Waals surface area contributed by atoms with E-state index >= 15 is 0 Å². The van der Waals surface area contributed by atoms with Gasteiger partial charge in [0.1, 0.15) is 6.04 Å². The van der Waals surface area contributed by atoms with Crippen molar-refractivity contribution in [2.24, 2.45) is 5.73 Å². The van der Waals surface area contributed by atoms with E-state index < -0.39 is 23.5 Å². The first-order valence-electron chi connectivity index (χ1n) is 3.29. The molecule has 0 bridgehead atoms. The minimum absolute atomic E-state index is 0. The van der Waals surface area contributed by atoms with Crippen molar-refractivity contribution in [3.8, 4) is 0 Å². The van der Waals surface area contributed by atoms with Gasteiger partial charge in [-0.05, 0) is 0 Å². The molecular weight excluding hydrogens is 194 g/mol. The zero-order valence-corrected chi connectivity index (χ0v) is 6.39. The van der Waals surface area contributed by atoms with E-state index in [1.807, 2.05) is 0 Å². The predicted octanol–water partition coefficient (Wildman–Crippen LogP) is -1.82. The lowest BCUT2D eigenvalue weighted by Crippen LogP contribution is -2.37. The lowest BCUT2D eigenvalue weighted by Gasteiger charge is -2.02. The Labute approximate surface area is 77.9 Å². The average molecular weight is 205 g/mol. The number of carbonyl (C=O) groups is 1. The molecular formula is C6H11N3O5. The number of carboxylic acids is 1. The highest BCUT2D eigenvalue weighted by atomic mass is 16.5. The number of hydrogen-bond donors (Lipinski definition) is 3. The van der Waals surface area contributed by atoms with Crippen molar-refractivity contribution in [1.82, 2.24) is 9.72 Å². The van der Waals surface area contributed by atoms with Crippen LogP contribution in [-0.4, -0.2) is 26.8 Å². The second-order valence-corrected chi connectivity index (χ2v) is 2.31. The summed E-state index contributed by atoms with van der Waals surface area (Å²) in [6, 6.07) is -1.28. The van der Waals surface area contributed by atoms with Crippen molar-refractivity contribution in [3.63, 3.8) is 0 Å². The van der Waals surface area contributed by atoms with E-state index in [2.05, 4.69) is 4.52 Å². The quantitative estimate of drug-likeness (QED) is 0.532. The summed E-state index contributed by atoms with van der Waals surface area (Å²) in [5.41, 5.74) is 4.27. The summed E-state index contributed by atoms with van der Waals surface area (Å²) < 4.78 is 4.84. The third-order valence-corrected chi connectivity index (χ3v) is 1.31. The van der Waals surface area contributed by atoms with E-state index in [0.29, 0.717) is 4.74 Å². The fourth-order valence-corrected chi connectivity index (χ4v) is 0.691. The summed E-state index contributed by atoms with van der Waals surface area (Å²) in [5.74, 6) is -2.22. The zero-order valence-electron chi connectivity index (χ0n) is 6.39. The SMILES string of the molecule is C.N[C@@H](Cn1oc(=O)[nH]c1=O)C(=O)O. The highest BCUT2D eigenvalue weighted by Crippen LogP contribution is 1.83. The number of nitrogens with zero attached hydrogens (tertiary/aromatic N) is 1. The second kappa shape index (κ2) is 4.42. The Morgan fingerprint density at radius 1 is 1.64 bits per heavy atom. The summed E-state index contributed by atoms with van der Waals surface area (Å²) in [6.45, 7) is -0.382. The van der Waals surface area contributed by atoms with Gasteiger partial charge >= 0.3 is 17.4 Å². The van der Waals surface area contributed by atoms with Crippen LogP contribution in [0.1, 0.15) is 7.43 Å². The molecule has 0 aliphatic rings. The van der Waals surface area contributed by atoms with Crippen molar-refractivity contribution >= 4 is 5.97 Å². The van der Waals surface area contributed by atoms with Crippen LogP contribution in [0.2, 0.25) is 0 Å². The van der Waals surface area contributed by atoms with Crippen LogP contribution < -0.4 is 17.2 Å². The van der Waals surface area contributed by atoms with Crippen LogP contribution in [0.4, 0.5) is 0 Å². The summed E-state index contributed by atoms with van der Waals surface area (Å²) in [5, 5.41) is 8.37. The van der Waals surface area contributed by atoms with E-state index in [1.54, 1.807) is 4.98 Å². The van der Waals surface area contributed by atoms with Gasteiger partial charge in [0, 0.05) is 0 Å². The number of aromatic amines is 1. The lowest BCUT2D eigenvalue weighted by molar-refractivity contribution is -0.139. The van der Waals surface area contributed by atoms with Crippen LogP contribution in [0, 0.1) is 0 Å². The van der Waals surface area contributed by atoms with Gasteiger partial charge in [-0.2, -0.15) is 0 Å². The molecule has 0 unspecified atom stereocenters. The fourth-order valence-electron chi connectivity index (χ4n) is 0.691. The molecule has 8 heteroatoms. The van der Waals surface area contributed by atoms with Gasteiger partial charge in [-0.25, -0.2) is 14.6 Å². The molecule has 0 aliphatic heterocycles. The Bertz CT molecular complexity index is 414. The normalized spacial score (nSPS) is 11.8. The molecule has 0 saturated carbocycles. The third-order valence-electron chi connectivity index (χ3n) is 1.31. The monoisotopic (exact) mass is 205 g/mol. The van der Waals surface area contributed by atoms with E-state index in [0.717, 1.165) is 0 Å².